The van der Waals surface area contributed by atoms with Gasteiger partial charge in [-0.1, -0.05) is 19.1 Å². The normalized spacial score (nSPS) is 11.7. The lowest BCUT2D eigenvalue weighted by Gasteiger charge is -2.24. The number of aromatic amines is 1. The summed E-state index contributed by atoms with van der Waals surface area (Å²) in [5, 5.41) is 4.11. The standard InChI is InChI=1S/C14H18N2O/c1-4-14(2,3)16-13(17)11-7-5-6-10-8-9-15-12(10)11/h5-9,15H,4H2,1-3H3,(H,16,17). The molecule has 2 rings (SSSR count). The second-order valence-electron chi connectivity index (χ2n) is 4.94. The van der Waals surface area contributed by atoms with Crippen molar-refractivity contribution < 1.29 is 4.79 Å². The lowest BCUT2D eigenvalue weighted by atomic mass is 10.0. The van der Waals surface area contributed by atoms with E-state index in [1.165, 1.54) is 0 Å². The summed E-state index contributed by atoms with van der Waals surface area (Å²) in [5.41, 5.74) is 1.43. The molecule has 1 aromatic heterocycles. The van der Waals surface area contributed by atoms with Crippen LogP contribution in [-0.4, -0.2) is 16.4 Å². The van der Waals surface area contributed by atoms with Crippen LogP contribution in [0.2, 0.25) is 0 Å². The molecule has 0 unspecified atom stereocenters. The van der Waals surface area contributed by atoms with Crippen molar-refractivity contribution in [3.05, 3.63) is 36.0 Å². The fraction of sp³-hybridized carbons (Fsp3) is 0.357. The summed E-state index contributed by atoms with van der Waals surface area (Å²) in [4.78, 5) is 15.3. The molecule has 0 aliphatic carbocycles. The Morgan fingerprint density at radius 3 is 2.82 bits per heavy atom. The molecule has 0 radical (unpaired) electrons. The minimum atomic E-state index is -0.175. The van der Waals surface area contributed by atoms with Crippen molar-refractivity contribution in [2.24, 2.45) is 0 Å². The molecule has 0 aliphatic rings. The lowest BCUT2D eigenvalue weighted by molar-refractivity contribution is 0.0913. The number of rotatable bonds is 3. The summed E-state index contributed by atoms with van der Waals surface area (Å²) in [6.07, 6.45) is 2.76. The Bertz CT molecular complexity index is 540. The topological polar surface area (TPSA) is 44.9 Å². The molecule has 1 heterocycles. The molecular weight excluding hydrogens is 212 g/mol. The Balaban J connectivity index is 2.34. The fourth-order valence-electron chi connectivity index (χ4n) is 1.74. The number of fused-ring (bicyclic) bond motifs is 1. The van der Waals surface area contributed by atoms with Gasteiger partial charge in [0.05, 0.1) is 11.1 Å². The molecule has 1 amide bonds. The van der Waals surface area contributed by atoms with Gasteiger partial charge >= 0.3 is 0 Å². The van der Waals surface area contributed by atoms with Crippen LogP contribution in [-0.2, 0) is 0 Å². The van der Waals surface area contributed by atoms with Crippen LogP contribution in [0.1, 0.15) is 37.6 Å². The summed E-state index contributed by atoms with van der Waals surface area (Å²) in [7, 11) is 0. The monoisotopic (exact) mass is 230 g/mol. The van der Waals surface area contributed by atoms with Crippen molar-refractivity contribution in [2.45, 2.75) is 32.7 Å². The molecule has 90 valence electrons. The van der Waals surface area contributed by atoms with E-state index >= 15 is 0 Å². The van der Waals surface area contributed by atoms with Crippen molar-refractivity contribution in [3.8, 4) is 0 Å². The first kappa shape index (κ1) is 11.7. The Labute approximate surface area is 101 Å². The Kier molecular flexibility index (Phi) is 2.92. The van der Waals surface area contributed by atoms with E-state index in [0.29, 0.717) is 5.56 Å². The summed E-state index contributed by atoms with van der Waals surface area (Å²) < 4.78 is 0. The van der Waals surface area contributed by atoms with Gasteiger partial charge in [-0.2, -0.15) is 0 Å². The average molecular weight is 230 g/mol. The molecule has 0 spiro atoms. The predicted molar refractivity (Wildman–Crippen MR) is 70.1 cm³/mol. The van der Waals surface area contributed by atoms with Gasteiger partial charge in [-0.25, -0.2) is 0 Å². The van der Waals surface area contributed by atoms with Crippen LogP contribution >= 0.6 is 0 Å². The van der Waals surface area contributed by atoms with E-state index in [1.807, 2.05) is 44.3 Å². The fourth-order valence-corrected chi connectivity index (χ4v) is 1.74. The Hall–Kier alpha value is -1.77. The van der Waals surface area contributed by atoms with Gasteiger partial charge in [0.15, 0.2) is 0 Å². The van der Waals surface area contributed by atoms with Gasteiger partial charge in [0.1, 0.15) is 0 Å². The van der Waals surface area contributed by atoms with Gasteiger partial charge in [-0.05, 0) is 32.4 Å². The molecule has 1 aromatic carbocycles. The number of carbonyl (C=O) groups excluding carboxylic acids is 1. The zero-order chi connectivity index (χ0) is 12.5. The number of amides is 1. The quantitative estimate of drug-likeness (QED) is 0.836. The van der Waals surface area contributed by atoms with Crippen LogP contribution in [0, 0.1) is 0 Å². The van der Waals surface area contributed by atoms with Crippen LogP contribution in [0.5, 0.6) is 0 Å². The molecule has 3 heteroatoms. The number of benzene rings is 1. The van der Waals surface area contributed by atoms with Gasteiger partial charge in [0.25, 0.3) is 5.91 Å². The number of nitrogens with one attached hydrogen (secondary N) is 2. The molecule has 3 nitrogen and oxygen atoms in total. The molecule has 0 saturated heterocycles. The number of hydrogen-bond acceptors (Lipinski definition) is 1. The minimum Gasteiger partial charge on any atom is -0.361 e. The van der Waals surface area contributed by atoms with Crippen LogP contribution in [0.15, 0.2) is 30.5 Å². The zero-order valence-corrected chi connectivity index (χ0v) is 10.5. The summed E-state index contributed by atoms with van der Waals surface area (Å²) >= 11 is 0. The first-order valence-corrected chi connectivity index (χ1v) is 5.92. The van der Waals surface area contributed by atoms with E-state index in [2.05, 4.69) is 17.2 Å². The van der Waals surface area contributed by atoms with Gasteiger partial charge in [-0.3, -0.25) is 4.79 Å². The highest BCUT2D eigenvalue weighted by Crippen LogP contribution is 2.18. The molecule has 0 aliphatic heterocycles. The predicted octanol–water partition coefficient (Wildman–Crippen LogP) is 3.09. The zero-order valence-electron chi connectivity index (χ0n) is 10.5. The molecule has 2 aromatic rings. The SMILES string of the molecule is CCC(C)(C)NC(=O)c1cccc2cc[nH]c12. The third-order valence-electron chi connectivity index (χ3n) is 3.17. The van der Waals surface area contributed by atoms with Crippen LogP contribution in [0.4, 0.5) is 0 Å². The molecule has 17 heavy (non-hydrogen) atoms. The van der Waals surface area contributed by atoms with Gasteiger partial charge in [0, 0.05) is 17.1 Å². The smallest absolute Gasteiger partial charge is 0.253 e. The van der Waals surface area contributed by atoms with Gasteiger partial charge in [0.2, 0.25) is 0 Å². The summed E-state index contributed by atoms with van der Waals surface area (Å²) in [6, 6.07) is 7.72. The Morgan fingerprint density at radius 2 is 2.12 bits per heavy atom. The second kappa shape index (κ2) is 4.24. The first-order chi connectivity index (χ1) is 8.03. The van der Waals surface area contributed by atoms with Crippen molar-refractivity contribution in [1.82, 2.24) is 10.3 Å². The number of para-hydroxylation sites is 1. The van der Waals surface area contributed by atoms with E-state index in [9.17, 15) is 4.79 Å². The number of aromatic nitrogens is 1. The molecule has 2 N–H and O–H groups in total. The Morgan fingerprint density at radius 1 is 1.35 bits per heavy atom. The molecule has 0 saturated carbocycles. The molecule has 0 bridgehead atoms. The average Bonchev–Trinajstić information content (AvgIpc) is 2.76. The highest BCUT2D eigenvalue weighted by Gasteiger charge is 2.20. The highest BCUT2D eigenvalue weighted by molar-refractivity contribution is 6.05. The largest absolute Gasteiger partial charge is 0.361 e. The van der Waals surface area contributed by atoms with E-state index in [0.717, 1.165) is 17.3 Å². The number of H-pyrrole nitrogens is 1. The lowest BCUT2D eigenvalue weighted by Crippen LogP contribution is -2.42. The first-order valence-electron chi connectivity index (χ1n) is 5.92. The van der Waals surface area contributed by atoms with Crippen LogP contribution in [0.25, 0.3) is 10.9 Å². The maximum atomic E-state index is 12.2. The van der Waals surface area contributed by atoms with Gasteiger partial charge in [-0.15, -0.1) is 0 Å². The minimum absolute atomic E-state index is 0.0232. The van der Waals surface area contributed by atoms with Crippen molar-refractivity contribution in [2.75, 3.05) is 0 Å². The van der Waals surface area contributed by atoms with Crippen molar-refractivity contribution in [1.29, 1.82) is 0 Å². The maximum Gasteiger partial charge on any atom is 0.253 e. The number of hydrogen-bond donors (Lipinski definition) is 2. The van der Waals surface area contributed by atoms with E-state index in [-0.39, 0.29) is 11.4 Å². The maximum absolute atomic E-state index is 12.2. The molecule has 0 fully saturated rings. The number of carbonyl (C=O) groups is 1. The van der Waals surface area contributed by atoms with Crippen molar-refractivity contribution in [3.63, 3.8) is 0 Å². The summed E-state index contributed by atoms with van der Waals surface area (Å²) in [5.74, 6) is -0.0232. The van der Waals surface area contributed by atoms with E-state index in [1.54, 1.807) is 0 Å². The van der Waals surface area contributed by atoms with Crippen LogP contribution < -0.4 is 5.32 Å². The third-order valence-corrected chi connectivity index (χ3v) is 3.17. The van der Waals surface area contributed by atoms with Crippen LogP contribution in [0.3, 0.4) is 0 Å². The van der Waals surface area contributed by atoms with Gasteiger partial charge < -0.3 is 10.3 Å². The highest BCUT2D eigenvalue weighted by atomic mass is 16.1. The van der Waals surface area contributed by atoms with Crippen molar-refractivity contribution >= 4 is 16.8 Å². The van der Waals surface area contributed by atoms with E-state index in [4.69, 9.17) is 0 Å². The van der Waals surface area contributed by atoms with E-state index < -0.39 is 0 Å². The third kappa shape index (κ3) is 2.33. The molecular formula is C14H18N2O. The second-order valence-corrected chi connectivity index (χ2v) is 4.94. The molecule has 0 atom stereocenters. The summed E-state index contributed by atoms with van der Waals surface area (Å²) in [6.45, 7) is 6.12.